The molecule has 0 saturated heterocycles. The first kappa shape index (κ1) is 23.1. The molecule has 0 fully saturated rings. The second-order valence-electron chi connectivity index (χ2n) is 7.25. The van der Waals surface area contributed by atoms with Gasteiger partial charge in [0.15, 0.2) is 0 Å². The Labute approximate surface area is 189 Å². The predicted octanol–water partition coefficient (Wildman–Crippen LogP) is 4.72. The van der Waals surface area contributed by atoms with Gasteiger partial charge in [-0.1, -0.05) is 17.7 Å². The molecule has 0 aliphatic rings. The van der Waals surface area contributed by atoms with Gasteiger partial charge in [0.1, 0.15) is 5.75 Å². The second kappa shape index (κ2) is 8.88. The summed E-state index contributed by atoms with van der Waals surface area (Å²) in [7, 11) is 1.48. The van der Waals surface area contributed by atoms with Gasteiger partial charge in [0, 0.05) is 33.3 Å². The number of hydrogen-bond acceptors (Lipinski definition) is 5. The van der Waals surface area contributed by atoms with E-state index in [2.05, 4.69) is 0 Å². The van der Waals surface area contributed by atoms with Crippen LogP contribution >= 0.6 is 11.6 Å². The summed E-state index contributed by atoms with van der Waals surface area (Å²) in [6.07, 6.45) is 2.59. The van der Waals surface area contributed by atoms with E-state index in [1.54, 1.807) is 56.3 Å². The fraction of sp³-hybridized carbons (Fsp3) is 0.208. The molecule has 7 nitrogen and oxygen atoms in total. The van der Waals surface area contributed by atoms with Crippen molar-refractivity contribution in [1.82, 2.24) is 4.57 Å². The van der Waals surface area contributed by atoms with Crippen molar-refractivity contribution in [2.75, 3.05) is 7.11 Å². The third kappa shape index (κ3) is 3.99. The first-order valence-electron chi connectivity index (χ1n) is 9.73. The Bertz CT molecular complexity index is 1240. The number of esters is 1. The lowest BCUT2D eigenvalue weighted by Gasteiger charge is -2.25. The van der Waals surface area contributed by atoms with E-state index in [1.807, 2.05) is 0 Å². The molecule has 0 saturated carbocycles. The Morgan fingerprint density at radius 2 is 1.78 bits per heavy atom. The zero-order valence-corrected chi connectivity index (χ0v) is 18.8. The monoisotopic (exact) mass is 455 g/mol. The standard InChI is InChI=1S/C24H22ClNO6/c1-5-6-20(27)32-24(3,23(29)30)21-14(2)26(19-12-11-17(31-4)13-18(19)21)22(28)15-7-9-16(25)10-8-15/h5-13H,1-4H3,(H,29,30). The quantitative estimate of drug-likeness (QED) is 0.427. The highest BCUT2D eigenvalue weighted by Gasteiger charge is 2.44. The lowest BCUT2D eigenvalue weighted by atomic mass is 9.92. The third-order valence-corrected chi connectivity index (χ3v) is 5.45. The summed E-state index contributed by atoms with van der Waals surface area (Å²) in [5.41, 5.74) is -0.741. The van der Waals surface area contributed by atoms with Crippen LogP contribution in [0.4, 0.5) is 0 Å². The molecular formula is C24H22ClNO6. The first-order chi connectivity index (χ1) is 15.1. The van der Waals surface area contributed by atoms with Crippen LogP contribution in [0.1, 0.15) is 35.5 Å². The van der Waals surface area contributed by atoms with Crippen LogP contribution in [0.25, 0.3) is 10.9 Å². The minimum Gasteiger partial charge on any atom is -0.497 e. The zero-order valence-electron chi connectivity index (χ0n) is 18.0. The number of carboxylic acid groups (broad SMARTS) is 1. The van der Waals surface area contributed by atoms with Crippen molar-refractivity contribution in [3.05, 3.63) is 76.5 Å². The zero-order chi connectivity index (χ0) is 23.6. The maximum atomic E-state index is 13.4. The van der Waals surface area contributed by atoms with Crippen LogP contribution < -0.4 is 4.74 Å². The number of allylic oxidation sites excluding steroid dienone is 1. The number of benzene rings is 2. The normalized spacial score (nSPS) is 13.2. The fourth-order valence-corrected chi connectivity index (χ4v) is 3.81. The van der Waals surface area contributed by atoms with Crippen LogP contribution in [-0.2, 0) is 19.9 Å². The van der Waals surface area contributed by atoms with E-state index in [-0.39, 0.29) is 11.5 Å². The topological polar surface area (TPSA) is 94.8 Å². The Balaban J connectivity index is 2.33. The summed E-state index contributed by atoms with van der Waals surface area (Å²) in [5.74, 6) is -2.11. The number of aliphatic carboxylic acids is 1. The number of methoxy groups -OCH3 is 1. The summed E-state index contributed by atoms with van der Waals surface area (Å²) >= 11 is 5.94. The minimum atomic E-state index is -2.06. The molecule has 2 aromatic carbocycles. The van der Waals surface area contributed by atoms with Crippen LogP contribution in [0, 0.1) is 6.92 Å². The molecule has 1 aromatic heterocycles. The highest BCUT2D eigenvalue weighted by Crippen LogP contribution is 2.39. The number of carbonyl (C=O) groups excluding carboxylic acids is 2. The molecule has 0 radical (unpaired) electrons. The maximum Gasteiger partial charge on any atom is 0.352 e. The maximum absolute atomic E-state index is 13.4. The van der Waals surface area contributed by atoms with E-state index in [1.165, 1.54) is 24.7 Å². The van der Waals surface area contributed by atoms with Gasteiger partial charge in [0.25, 0.3) is 5.91 Å². The van der Waals surface area contributed by atoms with E-state index in [9.17, 15) is 19.5 Å². The SMILES string of the molecule is CC=CC(=O)OC(C)(C(=O)O)c1c(C)n(C(=O)c2ccc(Cl)cc2)c2ccc(OC)cc12. The average molecular weight is 456 g/mol. The largest absolute Gasteiger partial charge is 0.497 e. The van der Waals surface area contributed by atoms with Crippen molar-refractivity contribution < 1.29 is 29.0 Å². The van der Waals surface area contributed by atoms with Crippen molar-refractivity contribution in [2.24, 2.45) is 0 Å². The minimum absolute atomic E-state index is 0.180. The predicted molar refractivity (Wildman–Crippen MR) is 120 cm³/mol. The summed E-state index contributed by atoms with van der Waals surface area (Å²) in [6.45, 7) is 4.52. The Kier molecular flexibility index (Phi) is 6.41. The molecule has 3 rings (SSSR count). The molecule has 1 N–H and O–H groups in total. The number of ether oxygens (including phenoxy) is 2. The number of nitrogens with zero attached hydrogens (tertiary/aromatic N) is 1. The van der Waals surface area contributed by atoms with E-state index < -0.39 is 17.5 Å². The van der Waals surface area contributed by atoms with Gasteiger partial charge in [-0.25, -0.2) is 9.59 Å². The van der Waals surface area contributed by atoms with Crippen molar-refractivity contribution in [1.29, 1.82) is 0 Å². The van der Waals surface area contributed by atoms with Crippen molar-refractivity contribution in [2.45, 2.75) is 26.4 Å². The Morgan fingerprint density at radius 3 is 2.34 bits per heavy atom. The van der Waals surface area contributed by atoms with Gasteiger partial charge in [-0.05, 0) is 63.2 Å². The van der Waals surface area contributed by atoms with Crippen LogP contribution in [-0.4, -0.2) is 34.6 Å². The number of carboxylic acids is 1. The molecule has 0 aliphatic carbocycles. The molecule has 8 heteroatoms. The molecule has 0 bridgehead atoms. The van der Waals surface area contributed by atoms with Crippen LogP contribution in [0.5, 0.6) is 5.75 Å². The lowest BCUT2D eigenvalue weighted by molar-refractivity contribution is -0.174. The number of aromatic nitrogens is 1. The molecule has 3 aromatic rings. The molecule has 0 aliphatic heterocycles. The first-order valence-corrected chi connectivity index (χ1v) is 10.1. The van der Waals surface area contributed by atoms with Crippen molar-refractivity contribution in [3.63, 3.8) is 0 Å². The fourth-order valence-electron chi connectivity index (χ4n) is 3.68. The number of hydrogen-bond donors (Lipinski definition) is 1. The van der Waals surface area contributed by atoms with Crippen LogP contribution in [0.15, 0.2) is 54.6 Å². The molecule has 166 valence electrons. The highest BCUT2D eigenvalue weighted by molar-refractivity contribution is 6.30. The number of carbonyl (C=O) groups is 3. The van der Waals surface area contributed by atoms with Crippen molar-refractivity contribution >= 4 is 40.3 Å². The van der Waals surface area contributed by atoms with Gasteiger partial charge in [-0.2, -0.15) is 0 Å². The van der Waals surface area contributed by atoms with Gasteiger partial charge in [-0.15, -0.1) is 0 Å². The van der Waals surface area contributed by atoms with E-state index in [0.29, 0.717) is 32.9 Å². The van der Waals surface area contributed by atoms with Crippen LogP contribution in [0.2, 0.25) is 5.02 Å². The van der Waals surface area contributed by atoms with E-state index in [0.717, 1.165) is 6.08 Å². The van der Waals surface area contributed by atoms with E-state index >= 15 is 0 Å². The highest BCUT2D eigenvalue weighted by atomic mass is 35.5. The van der Waals surface area contributed by atoms with Gasteiger partial charge < -0.3 is 14.6 Å². The van der Waals surface area contributed by atoms with Crippen LogP contribution in [0.3, 0.4) is 0 Å². The van der Waals surface area contributed by atoms with Crippen molar-refractivity contribution in [3.8, 4) is 5.75 Å². The van der Waals surface area contributed by atoms with E-state index in [4.69, 9.17) is 21.1 Å². The molecule has 0 spiro atoms. The molecule has 0 amide bonds. The lowest BCUT2D eigenvalue weighted by Crippen LogP contribution is -2.38. The molecular weight excluding hydrogens is 434 g/mol. The summed E-state index contributed by atoms with van der Waals surface area (Å²) in [5, 5.41) is 11.0. The summed E-state index contributed by atoms with van der Waals surface area (Å²) in [6, 6.07) is 11.3. The summed E-state index contributed by atoms with van der Waals surface area (Å²) in [4.78, 5) is 38.0. The van der Waals surface area contributed by atoms with Gasteiger partial charge in [0.2, 0.25) is 5.60 Å². The molecule has 32 heavy (non-hydrogen) atoms. The molecule has 1 unspecified atom stereocenters. The second-order valence-corrected chi connectivity index (χ2v) is 7.69. The summed E-state index contributed by atoms with van der Waals surface area (Å²) < 4.78 is 12.1. The number of fused-ring (bicyclic) bond motifs is 1. The average Bonchev–Trinajstić information content (AvgIpc) is 3.04. The smallest absolute Gasteiger partial charge is 0.352 e. The number of rotatable bonds is 6. The van der Waals surface area contributed by atoms with Gasteiger partial charge >= 0.3 is 11.9 Å². The Hall–Kier alpha value is -3.58. The Morgan fingerprint density at radius 1 is 1.12 bits per heavy atom. The van der Waals surface area contributed by atoms with Gasteiger partial charge in [0.05, 0.1) is 12.6 Å². The molecule has 1 heterocycles. The number of halogens is 1. The molecule has 1 atom stereocenters. The third-order valence-electron chi connectivity index (χ3n) is 5.20. The van der Waals surface area contributed by atoms with Gasteiger partial charge in [-0.3, -0.25) is 9.36 Å².